The van der Waals surface area contributed by atoms with Gasteiger partial charge in [-0.3, -0.25) is 0 Å². The second-order valence-electron chi connectivity index (χ2n) is 4.04. The van der Waals surface area contributed by atoms with Crippen molar-refractivity contribution < 1.29 is 14.2 Å². The Labute approximate surface area is 112 Å². The van der Waals surface area contributed by atoms with Gasteiger partial charge in [-0.1, -0.05) is 12.1 Å². The molecule has 0 heterocycles. The second-order valence-corrected chi connectivity index (χ2v) is 4.04. The summed E-state index contributed by atoms with van der Waals surface area (Å²) in [6, 6.07) is 13.1. The van der Waals surface area contributed by atoms with Crippen LogP contribution in [0.15, 0.2) is 42.5 Å². The van der Waals surface area contributed by atoms with Crippen LogP contribution in [0.1, 0.15) is 5.56 Å². The number of hydrogen-bond donors (Lipinski definition) is 1. The minimum Gasteiger partial charge on any atom is -0.497 e. The Bertz CT molecular complexity index is 538. The summed E-state index contributed by atoms with van der Waals surface area (Å²) in [4.78, 5) is 0. The predicted octanol–water partition coefficient (Wildman–Crippen LogP) is 2.87. The van der Waals surface area contributed by atoms with Gasteiger partial charge < -0.3 is 19.9 Å². The van der Waals surface area contributed by atoms with Crippen molar-refractivity contribution in [3.63, 3.8) is 0 Å². The molecule has 4 heteroatoms. The van der Waals surface area contributed by atoms with E-state index < -0.39 is 0 Å². The molecule has 0 atom stereocenters. The molecule has 0 aliphatic heterocycles. The van der Waals surface area contributed by atoms with Crippen LogP contribution >= 0.6 is 0 Å². The highest BCUT2D eigenvalue weighted by molar-refractivity contribution is 5.56. The fraction of sp³-hybridized carbons (Fsp3) is 0.200. The molecule has 0 aliphatic carbocycles. The van der Waals surface area contributed by atoms with Crippen molar-refractivity contribution in [2.75, 3.05) is 20.0 Å². The number of nitrogen functional groups attached to an aromatic ring is 1. The molecule has 2 aromatic carbocycles. The molecular weight excluding hydrogens is 242 g/mol. The molecule has 0 spiro atoms. The van der Waals surface area contributed by atoms with Gasteiger partial charge in [0.25, 0.3) is 0 Å². The summed E-state index contributed by atoms with van der Waals surface area (Å²) in [5.74, 6) is 2.19. The van der Waals surface area contributed by atoms with E-state index in [0.717, 1.165) is 11.3 Å². The van der Waals surface area contributed by atoms with Crippen LogP contribution in [0, 0.1) is 0 Å². The maximum atomic E-state index is 5.88. The van der Waals surface area contributed by atoms with Gasteiger partial charge in [0.15, 0.2) is 0 Å². The first kappa shape index (κ1) is 13.1. The Morgan fingerprint density at radius 3 is 2.11 bits per heavy atom. The standard InChI is InChI=1S/C15H17NO3/c1-17-12-5-3-11(4-6-12)10-19-15-8-7-13(18-2)9-14(15)16/h3-9H,10,16H2,1-2H3. The largest absolute Gasteiger partial charge is 0.497 e. The molecule has 0 unspecified atom stereocenters. The fourth-order valence-electron chi connectivity index (χ4n) is 1.67. The van der Waals surface area contributed by atoms with E-state index in [4.69, 9.17) is 19.9 Å². The second kappa shape index (κ2) is 6.00. The summed E-state index contributed by atoms with van der Waals surface area (Å²) in [6.45, 7) is 0.459. The topological polar surface area (TPSA) is 53.7 Å². The molecule has 0 radical (unpaired) electrons. The van der Waals surface area contributed by atoms with E-state index in [2.05, 4.69) is 0 Å². The number of rotatable bonds is 5. The monoisotopic (exact) mass is 259 g/mol. The van der Waals surface area contributed by atoms with Crippen molar-refractivity contribution in [2.24, 2.45) is 0 Å². The van der Waals surface area contributed by atoms with E-state index in [1.165, 1.54) is 0 Å². The van der Waals surface area contributed by atoms with Gasteiger partial charge >= 0.3 is 0 Å². The summed E-state index contributed by atoms with van der Waals surface area (Å²) >= 11 is 0. The number of ether oxygens (including phenoxy) is 3. The van der Waals surface area contributed by atoms with Crippen LogP contribution in [0.3, 0.4) is 0 Å². The summed E-state index contributed by atoms with van der Waals surface area (Å²) in [5.41, 5.74) is 7.50. The number of benzene rings is 2. The number of hydrogen-bond acceptors (Lipinski definition) is 4. The number of methoxy groups -OCH3 is 2. The lowest BCUT2D eigenvalue weighted by Crippen LogP contribution is -1.99. The average molecular weight is 259 g/mol. The van der Waals surface area contributed by atoms with E-state index in [1.807, 2.05) is 30.3 Å². The lowest BCUT2D eigenvalue weighted by molar-refractivity contribution is 0.307. The van der Waals surface area contributed by atoms with Gasteiger partial charge in [0.2, 0.25) is 0 Å². The van der Waals surface area contributed by atoms with Crippen molar-refractivity contribution >= 4 is 5.69 Å². The van der Waals surface area contributed by atoms with E-state index in [1.54, 1.807) is 26.4 Å². The van der Waals surface area contributed by atoms with E-state index in [0.29, 0.717) is 23.8 Å². The molecule has 2 aromatic rings. The van der Waals surface area contributed by atoms with E-state index in [9.17, 15) is 0 Å². The lowest BCUT2D eigenvalue weighted by Gasteiger charge is -2.10. The van der Waals surface area contributed by atoms with Crippen molar-refractivity contribution in [1.29, 1.82) is 0 Å². The molecule has 0 saturated heterocycles. The predicted molar refractivity (Wildman–Crippen MR) is 74.7 cm³/mol. The molecular formula is C15H17NO3. The van der Waals surface area contributed by atoms with Crippen molar-refractivity contribution in [3.05, 3.63) is 48.0 Å². The molecule has 0 aliphatic rings. The third kappa shape index (κ3) is 3.31. The average Bonchev–Trinajstić information content (AvgIpc) is 2.46. The smallest absolute Gasteiger partial charge is 0.142 e. The molecule has 0 aromatic heterocycles. The lowest BCUT2D eigenvalue weighted by atomic mass is 10.2. The summed E-state index contributed by atoms with van der Waals surface area (Å²) in [7, 11) is 3.25. The minimum atomic E-state index is 0.459. The van der Waals surface area contributed by atoms with Crippen LogP contribution in [0.4, 0.5) is 5.69 Å². The first-order chi connectivity index (χ1) is 9.22. The molecule has 2 rings (SSSR count). The SMILES string of the molecule is COc1ccc(COc2ccc(OC)cc2N)cc1. The Morgan fingerprint density at radius 2 is 1.53 bits per heavy atom. The molecule has 0 saturated carbocycles. The molecule has 100 valence electrons. The maximum absolute atomic E-state index is 5.88. The summed E-state index contributed by atoms with van der Waals surface area (Å²) in [6.07, 6.45) is 0. The summed E-state index contributed by atoms with van der Waals surface area (Å²) in [5, 5.41) is 0. The number of anilines is 1. The van der Waals surface area contributed by atoms with Gasteiger partial charge in [-0.05, 0) is 29.8 Å². The van der Waals surface area contributed by atoms with E-state index >= 15 is 0 Å². The van der Waals surface area contributed by atoms with Gasteiger partial charge in [0.1, 0.15) is 23.9 Å². The Morgan fingerprint density at radius 1 is 0.895 bits per heavy atom. The zero-order chi connectivity index (χ0) is 13.7. The third-order valence-corrected chi connectivity index (χ3v) is 2.77. The Kier molecular flexibility index (Phi) is 4.13. The quantitative estimate of drug-likeness (QED) is 0.839. The first-order valence-corrected chi connectivity index (χ1v) is 5.92. The fourth-order valence-corrected chi connectivity index (χ4v) is 1.67. The van der Waals surface area contributed by atoms with Crippen LogP contribution < -0.4 is 19.9 Å². The van der Waals surface area contributed by atoms with Gasteiger partial charge in [0, 0.05) is 6.07 Å². The van der Waals surface area contributed by atoms with Gasteiger partial charge in [-0.2, -0.15) is 0 Å². The molecule has 0 bridgehead atoms. The third-order valence-electron chi connectivity index (χ3n) is 2.77. The van der Waals surface area contributed by atoms with Crippen molar-refractivity contribution in [2.45, 2.75) is 6.61 Å². The molecule has 4 nitrogen and oxygen atoms in total. The van der Waals surface area contributed by atoms with Gasteiger partial charge in [0.05, 0.1) is 19.9 Å². The van der Waals surface area contributed by atoms with Crippen molar-refractivity contribution in [3.8, 4) is 17.2 Å². The maximum Gasteiger partial charge on any atom is 0.142 e. The normalized spacial score (nSPS) is 10.0. The van der Waals surface area contributed by atoms with E-state index in [-0.39, 0.29) is 0 Å². The van der Waals surface area contributed by atoms with Gasteiger partial charge in [-0.15, -0.1) is 0 Å². The number of nitrogens with two attached hydrogens (primary N) is 1. The molecule has 19 heavy (non-hydrogen) atoms. The summed E-state index contributed by atoms with van der Waals surface area (Å²) < 4.78 is 15.9. The highest BCUT2D eigenvalue weighted by Gasteiger charge is 2.03. The van der Waals surface area contributed by atoms with Crippen LogP contribution in [-0.4, -0.2) is 14.2 Å². The van der Waals surface area contributed by atoms with Crippen LogP contribution in [0.2, 0.25) is 0 Å². The first-order valence-electron chi connectivity index (χ1n) is 5.92. The van der Waals surface area contributed by atoms with Crippen LogP contribution in [0.5, 0.6) is 17.2 Å². The highest BCUT2D eigenvalue weighted by atomic mass is 16.5. The van der Waals surface area contributed by atoms with Gasteiger partial charge in [-0.25, -0.2) is 0 Å². The Balaban J connectivity index is 2.01. The van der Waals surface area contributed by atoms with Crippen LogP contribution in [0.25, 0.3) is 0 Å². The van der Waals surface area contributed by atoms with Crippen LogP contribution in [-0.2, 0) is 6.61 Å². The van der Waals surface area contributed by atoms with Crippen molar-refractivity contribution in [1.82, 2.24) is 0 Å². The zero-order valence-corrected chi connectivity index (χ0v) is 11.1. The Hall–Kier alpha value is -2.36. The molecule has 0 amide bonds. The highest BCUT2D eigenvalue weighted by Crippen LogP contribution is 2.27. The minimum absolute atomic E-state index is 0.459. The zero-order valence-electron chi connectivity index (χ0n) is 11.1. The molecule has 2 N–H and O–H groups in total. The molecule has 0 fully saturated rings.